The third kappa shape index (κ3) is 18.0. The lowest BCUT2D eigenvalue weighted by Gasteiger charge is -2.12. The van der Waals surface area contributed by atoms with Crippen LogP contribution in [0.15, 0.2) is 4.99 Å². The molecule has 0 heterocycles. The highest BCUT2D eigenvalue weighted by Gasteiger charge is 1.97. The summed E-state index contributed by atoms with van der Waals surface area (Å²) in [5, 5.41) is 6.57. The summed E-state index contributed by atoms with van der Waals surface area (Å²) in [6.07, 6.45) is 9.31. The molecule has 0 amide bonds. The average molecular weight is 429 g/mol. The molecule has 0 aromatic heterocycles. The number of hydrogen-bond donors (Lipinski definition) is 2. The molecule has 0 aliphatic heterocycles. The molecular weight excluding hydrogens is 393 g/mol. The summed E-state index contributed by atoms with van der Waals surface area (Å²) in [5.41, 5.74) is 0. The first-order valence-corrected chi connectivity index (χ1v) is 8.36. The number of rotatable bonds is 14. The van der Waals surface area contributed by atoms with Crippen LogP contribution in [0.2, 0.25) is 0 Å². The van der Waals surface area contributed by atoms with Crippen LogP contribution in [-0.2, 0) is 9.47 Å². The molecular formula is C16H36IN3O2. The maximum Gasteiger partial charge on any atom is 0.191 e. The summed E-state index contributed by atoms with van der Waals surface area (Å²) < 4.78 is 10.3. The van der Waals surface area contributed by atoms with Crippen molar-refractivity contribution in [3.05, 3.63) is 0 Å². The number of nitrogens with one attached hydrogen (secondary N) is 2. The first-order valence-electron chi connectivity index (χ1n) is 8.36. The van der Waals surface area contributed by atoms with E-state index in [1.54, 1.807) is 14.2 Å². The number of unbranched alkanes of at least 4 members (excludes halogenated alkanes) is 6. The monoisotopic (exact) mass is 429 g/mol. The Kier molecular flexibility index (Phi) is 23.0. The van der Waals surface area contributed by atoms with Gasteiger partial charge in [0, 0.05) is 27.2 Å². The molecule has 0 saturated carbocycles. The molecule has 0 aromatic rings. The zero-order valence-electron chi connectivity index (χ0n) is 14.7. The highest BCUT2D eigenvalue weighted by molar-refractivity contribution is 14.0. The van der Waals surface area contributed by atoms with E-state index in [-0.39, 0.29) is 24.0 Å². The minimum atomic E-state index is 0. The van der Waals surface area contributed by atoms with Gasteiger partial charge in [-0.25, -0.2) is 0 Å². The Morgan fingerprint density at radius 1 is 0.864 bits per heavy atom. The number of halogens is 1. The van der Waals surface area contributed by atoms with Crippen LogP contribution >= 0.6 is 24.0 Å². The van der Waals surface area contributed by atoms with E-state index < -0.39 is 0 Å². The SMILES string of the molecule is CCCCCCCCCNC(=NC)NCCOCCOC.I. The van der Waals surface area contributed by atoms with Gasteiger partial charge in [-0.3, -0.25) is 4.99 Å². The molecule has 0 saturated heterocycles. The third-order valence-electron chi connectivity index (χ3n) is 3.27. The van der Waals surface area contributed by atoms with E-state index in [2.05, 4.69) is 22.5 Å². The van der Waals surface area contributed by atoms with Gasteiger partial charge in [0.1, 0.15) is 0 Å². The first kappa shape index (κ1) is 24.2. The largest absolute Gasteiger partial charge is 0.382 e. The van der Waals surface area contributed by atoms with Crippen molar-refractivity contribution in [3.63, 3.8) is 0 Å². The van der Waals surface area contributed by atoms with Gasteiger partial charge >= 0.3 is 0 Å². The predicted molar refractivity (Wildman–Crippen MR) is 105 cm³/mol. The topological polar surface area (TPSA) is 54.9 Å². The Balaban J connectivity index is 0. The fraction of sp³-hybridized carbons (Fsp3) is 0.938. The van der Waals surface area contributed by atoms with Gasteiger partial charge in [0.25, 0.3) is 0 Å². The Morgan fingerprint density at radius 3 is 2.14 bits per heavy atom. The molecule has 22 heavy (non-hydrogen) atoms. The lowest BCUT2D eigenvalue weighted by atomic mass is 10.1. The van der Waals surface area contributed by atoms with Crippen LogP contribution in [0.3, 0.4) is 0 Å². The maximum absolute atomic E-state index is 5.39. The highest BCUT2D eigenvalue weighted by Crippen LogP contribution is 2.06. The van der Waals surface area contributed by atoms with E-state index in [9.17, 15) is 0 Å². The van der Waals surface area contributed by atoms with Crippen molar-refractivity contribution in [1.82, 2.24) is 10.6 Å². The molecule has 0 radical (unpaired) electrons. The van der Waals surface area contributed by atoms with Gasteiger partial charge in [0.05, 0.1) is 19.8 Å². The summed E-state index contributed by atoms with van der Waals surface area (Å²) >= 11 is 0. The van der Waals surface area contributed by atoms with E-state index in [1.165, 1.54) is 44.9 Å². The van der Waals surface area contributed by atoms with E-state index in [1.807, 2.05) is 0 Å². The molecule has 0 rings (SSSR count). The molecule has 0 aliphatic rings. The molecule has 0 unspecified atom stereocenters. The predicted octanol–water partition coefficient (Wildman–Crippen LogP) is 3.18. The van der Waals surface area contributed by atoms with Gasteiger partial charge in [-0.05, 0) is 6.42 Å². The molecule has 5 nitrogen and oxygen atoms in total. The highest BCUT2D eigenvalue weighted by atomic mass is 127. The first-order chi connectivity index (χ1) is 10.3. The smallest absolute Gasteiger partial charge is 0.191 e. The van der Waals surface area contributed by atoms with Gasteiger partial charge in [-0.15, -0.1) is 24.0 Å². The standard InChI is InChI=1S/C16H35N3O2.HI/c1-4-5-6-7-8-9-10-11-18-16(17-2)19-12-13-21-15-14-20-3;/h4-15H2,1-3H3,(H2,17,18,19);1H. The Labute approximate surface area is 154 Å². The summed E-state index contributed by atoms with van der Waals surface area (Å²) in [6.45, 7) is 5.96. The molecule has 0 bridgehead atoms. The zero-order chi connectivity index (χ0) is 15.6. The van der Waals surface area contributed by atoms with Crippen molar-refractivity contribution in [2.45, 2.75) is 51.9 Å². The van der Waals surface area contributed by atoms with E-state index in [0.717, 1.165) is 19.0 Å². The van der Waals surface area contributed by atoms with Crippen molar-refractivity contribution < 1.29 is 9.47 Å². The molecule has 0 spiro atoms. The summed E-state index contributed by atoms with van der Waals surface area (Å²) in [7, 11) is 3.48. The normalized spacial score (nSPS) is 11.1. The molecule has 0 atom stereocenters. The fourth-order valence-electron chi connectivity index (χ4n) is 2.00. The second kappa shape index (κ2) is 20.9. The summed E-state index contributed by atoms with van der Waals surface area (Å²) in [6, 6.07) is 0. The van der Waals surface area contributed by atoms with E-state index in [0.29, 0.717) is 19.8 Å². The number of nitrogens with zero attached hydrogens (tertiary/aromatic N) is 1. The Bertz CT molecular complexity index is 241. The van der Waals surface area contributed by atoms with Crippen LogP contribution in [0.4, 0.5) is 0 Å². The molecule has 0 aromatic carbocycles. The minimum Gasteiger partial charge on any atom is -0.382 e. The fourth-order valence-corrected chi connectivity index (χ4v) is 2.00. The molecule has 0 fully saturated rings. The van der Waals surface area contributed by atoms with Gasteiger partial charge in [0.2, 0.25) is 0 Å². The van der Waals surface area contributed by atoms with Gasteiger partial charge in [0.15, 0.2) is 5.96 Å². The van der Waals surface area contributed by atoms with Crippen LogP contribution in [-0.4, -0.2) is 53.0 Å². The molecule has 2 N–H and O–H groups in total. The van der Waals surface area contributed by atoms with Crippen LogP contribution in [0.5, 0.6) is 0 Å². The number of hydrogen-bond acceptors (Lipinski definition) is 3. The Hall–Kier alpha value is -0.0800. The third-order valence-corrected chi connectivity index (χ3v) is 3.27. The zero-order valence-corrected chi connectivity index (χ0v) is 17.0. The quantitative estimate of drug-likeness (QED) is 0.193. The molecule has 0 aliphatic carbocycles. The van der Waals surface area contributed by atoms with Gasteiger partial charge in [-0.1, -0.05) is 45.4 Å². The van der Waals surface area contributed by atoms with Crippen LogP contribution in [0.25, 0.3) is 0 Å². The maximum atomic E-state index is 5.39. The number of methoxy groups -OCH3 is 1. The van der Waals surface area contributed by atoms with E-state index in [4.69, 9.17) is 9.47 Å². The second-order valence-electron chi connectivity index (χ2n) is 5.15. The number of aliphatic imine (C=N–C) groups is 1. The molecule has 134 valence electrons. The van der Waals surface area contributed by atoms with Crippen LogP contribution in [0.1, 0.15) is 51.9 Å². The number of ether oxygens (including phenoxy) is 2. The summed E-state index contributed by atoms with van der Waals surface area (Å²) in [5.74, 6) is 0.858. The average Bonchev–Trinajstić information content (AvgIpc) is 2.51. The van der Waals surface area contributed by atoms with Crippen molar-refractivity contribution in [3.8, 4) is 0 Å². The number of guanidine groups is 1. The van der Waals surface area contributed by atoms with Gasteiger partial charge in [-0.2, -0.15) is 0 Å². The van der Waals surface area contributed by atoms with Crippen molar-refractivity contribution >= 4 is 29.9 Å². The van der Waals surface area contributed by atoms with Crippen molar-refractivity contribution in [1.29, 1.82) is 0 Å². The van der Waals surface area contributed by atoms with Crippen molar-refractivity contribution in [2.75, 3.05) is 47.1 Å². The lowest BCUT2D eigenvalue weighted by molar-refractivity contribution is 0.0733. The summed E-state index contributed by atoms with van der Waals surface area (Å²) in [4.78, 5) is 4.19. The van der Waals surface area contributed by atoms with Crippen molar-refractivity contribution in [2.24, 2.45) is 4.99 Å². The van der Waals surface area contributed by atoms with E-state index >= 15 is 0 Å². The van der Waals surface area contributed by atoms with Crippen LogP contribution in [0, 0.1) is 0 Å². The lowest BCUT2D eigenvalue weighted by Crippen LogP contribution is -2.39. The second-order valence-corrected chi connectivity index (χ2v) is 5.15. The molecule has 6 heteroatoms. The van der Waals surface area contributed by atoms with Gasteiger partial charge < -0.3 is 20.1 Å². The minimum absolute atomic E-state index is 0. The Morgan fingerprint density at radius 2 is 1.50 bits per heavy atom. The van der Waals surface area contributed by atoms with Crippen LogP contribution < -0.4 is 10.6 Å².